The summed E-state index contributed by atoms with van der Waals surface area (Å²) < 4.78 is 16.1. The van der Waals surface area contributed by atoms with E-state index in [1.807, 2.05) is 0 Å². The number of hydrogen-bond donors (Lipinski definition) is 0. The zero-order valence-electron chi connectivity index (χ0n) is 16.9. The monoisotopic (exact) mass is 397 g/mol. The van der Waals surface area contributed by atoms with Crippen LogP contribution < -0.4 is 4.74 Å². The summed E-state index contributed by atoms with van der Waals surface area (Å²) in [6.07, 6.45) is 2.93. The summed E-state index contributed by atoms with van der Waals surface area (Å²) in [6.45, 7) is 12.2. The lowest BCUT2D eigenvalue weighted by atomic mass is 10.2. The predicted octanol–water partition coefficient (Wildman–Crippen LogP) is 5.69. The smallest absolute Gasteiger partial charge is 0.434 e. The quantitative estimate of drug-likeness (QED) is 0.126. The number of unbranched alkanes of at least 4 members (excludes halogenated alkanes) is 3. The SMILES string of the molecule is CC(C)(C)[Si](C)(C)OCCCCCCOC(=O)Oc1ccc([N+](=O)[O-])cc1. The topological polar surface area (TPSA) is 87.9 Å². The molecule has 0 aliphatic rings. The van der Waals surface area contributed by atoms with E-state index in [4.69, 9.17) is 13.9 Å². The van der Waals surface area contributed by atoms with Crippen LogP contribution in [0.25, 0.3) is 0 Å². The van der Waals surface area contributed by atoms with Gasteiger partial charge in [-0.3, -0.25) is 10.1 Å². The molecule has 0 atom stereocenters. The summed E-state index contributed by atoms with van der Waals surface area (Å²) in [5.74, 6) is 0.216. The Bertz CT molecular complexity index is 610. The van der Waals surface area contributed by atoms with Gasteiger partial charge in [0.05, 0.1) is 11.5 Å². The number of carbonyl (C=O) groups excluding carboxylic acids is 1. The van der Waals surface area contributed by atoms with Crippen LogP contribution in [0.2, 0.25) is 18.1 Å². The standard InChI is InChI=1S/C19H31NO6Si/c1-19(2,3)27(4,5)25-15-9-7-6-8-14-24-18(21)26-17-12-10-16(11-13-17)20(22)23/h10-13H,6-9,14-15H2,1-5H3. The van der Waals surface area contributed by atoms with Gasteiger partial charge in [-0.2, -0.15) is 0 Å². The number of rotatable bonds is 10. The molecule has 0 unspecified atom stereocenters. The molecule has 0 aliphatic carbocycles. The predicted molar refractivity (Wildman–Crippen MR) is 107 cm³/mol. The molecule has 0 heterocycles. The van der Waals surface area contributed by atoms with E-state index < -0.39 is 19.4 Å². The fourth-order valence-electron chi connectivity index (χ4n) is 2.02. The Hall–Kier alpha value is -1.93. The zero-order chi connectivity index (χ0) is 20.5. The largest absolute Gasteiger partial charge is 0.513 e. The third-order valence-electron chi connectivity index (χ3n) is 4.78. The van der Waals surface area contributed by atoms with E-state index in [-0.39, 0.29) is 23.1 Å². The van der Waals surface area contributed by atoms with Crippen molar-refractivity contribution in [1.29, 1.82) is 0 Å². The molecule has 0 N–H and O–H groups in total. The van der Waals surface area contributed by atoms with E-state index in [0.29, 0.717) is 0 Å². The lowest BCUT2D eigenvalue weighted by Gasteiger charge is -2.36. The van der Waals surface area contributed by atoms with Gasteiger partial charge in [-0.15, -0.1) is 0 Å². The highest BCUT2D eigenvalue weighted by Crippen LogP contribution is 2.36. The number of benzene rings is 1. The first-order valence-corrected chi connectivity index (χ1v) is 12.2. The molecule has 0 aromatic heterocycles. The van der Waals surface area contributed by atoms with Gasteiger partial charge < -0.3 is 13.9 Å². The van der Waals surface area contributed by atoms with Crippen LogP contribution in [0.15, 0.2) is 24.3 Å². The first kappa shape index (κ1) is 23.1. The maximum absolute atomic E-state index is 11.6. The van der Waals surface area contributed by atoms with Gasteiger partial charge >= 0.3 is 6.16 Å². The lowest BCUT2D eigenvalue weighted by molar-refractivity contribution is -0.384. The molecule has 1 rings (SSSR count). The first-order valence-electron chi connectivity index (χ1n) is 9.26. The molecule has 0 amide bonds. The number of nitrogens with zero attached hydrogens (tertiary/aromatic N) is 1. The van der Waals surface area contributed by atoms with E-state index in [1.54, 1.807) is 0 Å². The number of non-ortho nitro benzene ring substituents is 1. The maximum Gasteiger partial charge on any atom is 0.513 e. The molecule has 7 nitrogen and oxygen atoms in total. The second kappa shape index (κ2) is 10.4. The molecule has 0 aliphatic heterocycles. The van der Waals surface area contributed by atoms with Crippen molar-refractivity contribution in [1.82, 2.24) is 0 Å². The second-order valence-electron chi connectivity index (χ2n) is 7.97. The van der Waals surface area contributed by atoms with Gasteiger partial charge in [-0.1, -0.05) is 27.2 Å². The van der Waals surface area contributed by atoms with Crippen molar-refractivity contribution < 1.29 is 23.6 Å². The first-order chi connectivity index (χ1) is 12.5. The Kier molecular flexibility index (Phi) is 8.91. The van der Waals surface area contributed by atoms with Crippen LogP contribution in [0, 0.1) is 10.1 Å². The van der Waals surface area contributed by atoms with Crippen LogP contribution in [0.1, 0.15) is 46.5 Å². The van der Waals surface area contributed by atoms with Crippen molar-refractivity contribution >= 4 is 20.2 Å². The molecule has 0 radical (unpaired) electrons. The van der Waals surface area contributed by atoms with Gasteiger partial charge in [-0.05, 0) is 49.5 Å². The molecule has 0 bridgehead atoms. The summed E-state index contributed by atoms with van der Waals surface area (Å²) in [6, 6.07) is 5.27. The molecule has 152 valence electrons. The highest BCUT2D eigenvalue weighted by molar-refractivity contribution is 6.74. The summed E-state index contributed by atoms with van der Waals surface area (Å²) in [7, 11) is -1.67. The van der Waals surface area contributed by atoms with Gasteiger partial charge in [0.25, 0.3) is 5.69 Å². The van der Waals surface area contributed by atoms with Crippen LogP contribution in [-0.2, 0) is 9.16 Å². The average Bonchev–Trinajstić information content (AvgIpc) is 2.56. The number of hydrogen-bond acceptors (Lipinski definition) is 6. The van der Waals surface area contributed by atoms with Crippen LogP contribution in [0.4, 0.5) is 10.5 Å². The van der Waals surface area contributed by atoms with E-state index in [0.717, 1.165) is 32.3 Å². The third-order valence-corrected chi connectivity index (χ3v) is 9.31. The zero-order valence-corrected chi connectivity index (χ0v) is 17.9. The van der Waals surface area contributed by atoms with Crippen LogP contribution >= 0.6 is 0 Å². The van der Waals surface area contributed by atoms with Gasteiger partial charge in [0.2, 0.25) is 0 Å². The van der Waals surface area contributed by atoms with Gasteiger partial charge in [0, 0.05) is 18.7 Å². The highest BCUT2D eigenvalue weighted by Gasteiger charge is 2.36. The van der Waals surface area contributed by atoms with Gasteiger partial charge in [-0.25, -0.2) is 4.79 Å². The van der Waals surface area contributed by atoms with Crippen molar-refractivity contribution in [2.75, 3.05) is 13.2 Å². The minimum Gasteiger partial charge on any atom is -0.434 e. The Morgan fingerprint density at radius 1 is 1.04 bits per heavy atom. The van der Waals surface area contributed by atoms with Crippen LogP contribution in [0.3, 0.4) is 0 Å². The molecular weight excluding hydrogens is 366 g/mol. The number of nitro groups is 1. The van der Waals surface area contributed by atoms with Crippen molar-refractivity contribution in [2.24, 2.45) is 0 Å². The van der Waals surface area contributed by atoms with Crippen molar-refractivity contribution in [3.05, 3.63) is 34.4 Å². The van der Waals surface area contributed by atoms with Crippen LogP contribution in [0.5, 0.6) is 5.75 Å². The summed E-state index contributed by atoms with van der Waals surface area (Å²) in [5.41, 5.74) is -0.0618. The fourth-order valence-corrected chi connectivity index (χ4v) is 3.11. The van der Waals surface area contributed by atoms with Crippen molar-refractivity contribution in [3.8, 4) is 5.75 Å². The molecule has 0 fully saturated rings. The normalized spacial score (nSPS) is 11.9. The van der Waals surface area contributed by atoms with E-state index in [1.165, 1.54) is 24.3 Å². The number of carbonyl (C=O) groups is 1. The molecule has 1 aromatic carbocycles. The summed E-state index contributed by atoms with van der Waals surface area (Å²) in [4.78, 5) is 21.6. The molecule has 8 heteroatoms. The molecule has 0 spiro atoms. The van der Waals surface area contributed by atoms with Crippen LogP contribution in [-0.4, -0.2) is 32.6 Å². The van der Waals surface area contributed by atoms with E-state index >= 15 is 0 Å². The Morgan fingerprint density at radius 2 is 1.59 bits per heavy atom. The molecular formula is C19H31NO6Si. The van der Waals surface area contributed by atoms with Crippen molar-refractivity contribution in [3.63, 3.8) is 0 Å². The summed E-state index contributed by atoms with van der Waals surface area (Å²) >= 11 is 0. The second-order valence-corrected chi connectivity index (χ2v) is 12.8. The van der Waals surface area contributed by atoms with Gasteiger partial charge in [0.1, 0.15) is 5.75 Å². The summed E-state index contributed by atoms with van der Waals surface area (Å²) in [5, 5.41) is 10.8. The Morgan fingerprint density at radius 3 is 2.11 bits per heavy atom. The van der Waals surface area contributed by atoms with E-state index in [9.17, 15) is 14.9 Å². The minimum atomic E-state index is -1.67. The highest BCUT2D eigenvalue weighted by atomic mass is 28.4. The molecule has 0 saturated carbocycles. The van der Waals surface area contributed by atoms with E-state index in [2.05, 4.69) is 33.9 Å². The fraction of sp³-hybridized carbons (Fsp3) is 0.632. The molecule has 0 saturated heterocycles. The van der Waals surface area contributed by atoms with Gasteiger partial charge in [0.15, 0.2) is 8.32 Å². The number of nitro benzene ring substituents is 1. The maximum atomic E-state index is 11.6. The Balaban J connectivity index is 2.11. The van der Waals surface area contributed by atoms with Crippen molar-refractivity contribution in [2.45, 2.75) is 64.6 Å². The molecule has 27 heavy (non-hydrogen) atoms. The molecule has 1 aromatic rings. The third kappa shape index (κ3) is 8.53. The number of ether oxygens (including phenoxy) is 2. The lowest BCUT2D eigenvalue weighted by Crippen LogP contribution is -2.40. The Labute approximate surface area is 162 Å². The minimum absolute atomic E-state index is 0.0618. The average molecular weight is 398 g/mol.